The first-order chi connectivity index (χ1) is 16.3. The molecule has 0 fully saturated rings. The minimum atomic E-state index is -3.85. The summed E-state index contributed by atoms with van der Waals surface area (Å²) < 4.78 is 31.6. The fourth-order valence-corrected chi connectivity index (χ4v) is 5.99. The summed E-state index contributed by atoms with van der Waals surface area (Å²) in [4.78, 5) is 15.4. The van der Waals surface area contributed by atoms with Gasteiger partial charge in [-0.2, -0.15) is 0 Å². The third kappa shape index (κ3) is 3.47. The molecule has 2 heterocycles. The van der Waals surface area contributed by atoms with Crippen molar-refractivity contribution >= 4 is 32.7 Å². The summed E-state index contributed by atoms with van der Waals surface area (Å²) in [6.07, 6.45) is 0.797. The second kappa shape index (κ2) is 8.33. The Kier molecular flexibility index (Phi) is 5.44. The van der Waals surface area contributed by atoms with Crippen molar-refractivity contribution in [2.45, 2.75) is 31.2 Å². The molecule has 1 aliphatic rings. The van der Waals surface area contributed by atoms with Gasteiger partial charge >= 0.3 is 0 Å². The monoisotopic (exact) mass is 473 g/mol. The van der Waals surface area contributed by atoms with Gasteiger partial charge in [-0.05, 0) is 43.2 Å². The van der Waals surface area contributed by atoms with Crippen molar-refractivity contribution in [3.63, 3.8) is 0 Å². The molecule has 34 heavy (non-hydrogen) atoms. The fourth-order valence-electron chi connectivity index (χ4n) is 4.88. The molecule has 0 aliphatic carbocycles. The van der Waals surface area contributed by atoms with Crippen molar-refractivity contribution in [2.24, 2.45) is 7.05 Å². The summed E-state index contributed by atoms with van der Waals surface area (Å²) in [6, 6.07) is 21.8. The Morgan fingerprint density at radius 2 is 1.62 bits per heavy atom. The highest BCUT2D eigenvalue weighted by Gasteiger charge is 2.40. The molecule has 1 aromatic heterocycles. The van der Waals surface area contributed by atoms with E-state index in [0.29, 0.717) is 17.9 Å². The van der Waals surface area contributed by atoms with Gasteiger partial charge in [0.2, 0.25) is 0 Å². The van der Waals surface area contributed by atoms with Crippen LogP contribution in [-0.2, 0) is 17.1 Å². The number of nitrogens with zero attached hydrogens (tertiary/aromatic N) is 2. The number of nitrogens with one attached hydrogen (secondary N) is 1. The van der Waals surface area contributed by atoms with Crippen LogP contribution in [0.15, 0.2) is 77.7 Å². The molecule has 0 unspecified atom stereocenters. The molecule has 0 bridgehead atoms. The zero-order chi connectivity index (χ0) is 24.0. The van der Waals surface area contributed by atoms with E-state index >= 15 is 0 Å². The SMILES string of the molecule is CCCN1C(=O)c2ccccc2[C@H]1c1c(NS(=O)(=O)c2ccc(C)cc2)n(C)c2ccccc12. The number of anilines is 1. The van der Waals surface area contributed by atoms with E-state index in [2.05, 4.69) is 4.72 Å². The Hall–Kier alpha value is -3.58. The molecule has 0 saturated heterocycles. The highest BCUT2D eigenvalue weighted by atomic mass is 32.2. The molecule has 1 aliphatic heterocycles. The second-order valence-corrected chi connectivity index (χ2v) is 10.4. The third-order valence-electron chi connectivity index (χ3n) is 6.50. The predicted molar refractivity (Wildman–Crippen MR) is 135 cm³/mol. The molecule has 7 heteroatoms. The quantitative estimate of drug-likeness (QED) is 0.416. The minimum absolute atomic E-state index is 0.0253. The van der Waals surface area contributed by atoms with Crippen LogP contribution in [0.3, 0.4) is 0 Å². The van der Waals surface area contributed by atoms with Gasteiger partial charge in [-0.15, -0.1) is 0 Å². The van der Waals surface area contributed by atoms with Gasteiger partial charge in [0, 0.05) is 35.6 Å². The number of para-hydroxylation sites is 1. The number of benzene rings is 3. The number of aromatic nitrogens is 1. The molecular formula is C27H27N3O3S. The highest BCUT2D eigenvalue weighted by Crippen LogP contribution is 2.45. The van der Waals surface area contributed by atoms with Gasteiger partial charge in [-0.1, -0.05) is 61.0 Å². The normalized spacial score (nSPS) is 15.7. The number of hydrogen-bond donors (Lipinski definition) is 1. The van der Waals surface area contributed by atoms with E-state index in [1.54, 1.807) is 24.3 Å². The van der Waals surface area contributed by atoms with Crippen LogP contribution in [0.25, 0.3) is 10.9 Å². The summed E-state index contributed by atoms with van der Waals surface area (Å²) in [6.45, 7) is 4.53. The van der Waals surface area contributed by atoms with Gasteiger partial charge < -0.3 is 9.47 Å². The van der Waals surface area contributed by atoms with Crippen molar-refractivity contribution in [1.29, 1.82) is 0 Å². The Morgan fingerprint density at radius 1 is 0.941 bits per heavy atom. The molecule has 6 nitrogen and oxygen atoms in total. The van der Waals surface area contributed by atoms with Crippen LogP contribution in [0, 0.1) is 6.92 Å². The Balaban J connectivity index is 1.74. The smallest absolute Gasteiger partial charge is 0.263 e. The van der Waals surface area contributed by atoms with Crippen molar-refractivity contribution in [3.05, 3.63) is 95.1 Å². The van der Waals surface area contributed by atoms with Crippen molar-refractivity contribution < 1.29 is 13.2 Å². The molecule has 1 N–H and O–H groups in total. The van der Waals surface area contributed by atoms with Gasteiger partial charge in [0.25, 0.3) is 15.9 Å². The highest BCUT2D eigenvalue weighted by molar-refractivity contribution is 7.92. The summed E-state index contributed by atoms with van der Waals surface area (Å²) in [5, 5.41) is 0.919. The lowest BCUT2D eigenvalue weighted by molar-refractivity contribution is 0.0751. The lowest BCUT2D eigenvalue weighted by Gasteiger charge is -2.26. The van der Waals surface area contributed by atoms with Gasteiger partial charge in [0.1, 0.15) is 5.82 Å². The van der Waals surface area contributed by atoms with Crippen molar-refractivity contribution in [2.75, 3.05) is 11.3 Å². The van der Waals surface area contributed by atoms with Crippen molar-refractivity contribution in [1.82, 2.24) is 9.47 Å². The topological polar surface area (TPSA) is 71.4 Å². The van der Waals surface area contributed by atoms with Crippen molar-refractivity contribution in [3.8, 4) is 0 Å². The molecule has 0 spiro atoms. The number of fused-ring (bicyclic) bond motifs is 2. The standard InChI is InChI=1S/C27H27N3O3S/c1-4-17-30-25(20-9-5-6-10-21(20)27(30)31)24-22-11-7-8-12-23(22)29(3)26(24)28-34(32,33)19-15-13-18(2)14-16-19/h5-16,25,28H,4,17H2,1-3H3/t25-/m0/s1. The second-order valence-electron chi connectivity index (χ2n) is 8.75. The zero-order valence-corrected chi connectivity index (χ0v) is 20.3. The van der Waals surface area contributed by atoms with E-state index < -0.39 is 10.0 Å². The lowest BCUT2D eigenvalue weighted by Crippen LogP contribution is -2.30. The lowest BCUT2D eigenvalue weighted by atomic mass is 9.96. The molecule has 174 valence electrons. The fraction of sp³-hybridized carbons (Fsp3) is 0.222. The molecular weight excluding hydrogens is 446 g/mol. The first-order valence-electron chi connectivity index (χ1n) is 11.4. The number of amides is 1. The maximum absolute atomic E-state index is 13.4. The van der Waals surface area contributed by atoms with E-state index in [1.807, 2.05) is 78.9 Å². The number of sulfonamides is 1. The Morgan fingerprint density at radius 3 is 2.35 bits per heavy atom. The van der Waals surface area contributed by atoms with Crippen LogP contribution in [0.2, 0.25) is 0 Å². The summed E-state index contributed by atoms with van der Waals surface area (Å²) in [5.74, 6) is 0.445. The van der Waals surface area contributed by atoms with E-state index in [0.717, 1.165) is 34.0 Å². The number of rotatable bonds is 6. The molecule has 0 saturated carbocycles. The first-order valence-corrected chi connectivity index (χ1v) is 12.9. The van der Waals surface area contributed by atoms with Gasteiger partial charge in [0.15, 0.2) is 0 Å². The summed E-state index contributed by atoms with van der Waals surface area (Å²) >= 11 is 0. The number of carbonyl (C=O) groups excluding carboxylic acids is 1. The molecule has 4 aromatic rings. The average Bonchev–Trinajstić information content (AvgIpc) is 3.25. The molecule has 1 amide bonds. The van der Waals surface area contributed by atoms with Crippen LogP contribution in [0.5, 0.6) is 0 Å². The largest absolute Gasteiger partial charge is 0.330 e. The van der Waals surface area contributed by atoms with E-state index in [-0.39, 0.29) is 16.8 Å². The van der Waals surface area contributed by atoms with E-state index in [9.17, 15) is 13.2 Å². The van der Waals surface area contributed by atoms with E-state index in [4.69, 9.17) is 0 Å². The minimum Gasteiger partial charge on any atom is -0.330 e. The van der Waals surface area contributed by atoms with Crippen LogP contribution in [0.4, 0.5) is 5.82 Å². The Bertz CT molecular complexity index is 1500. The van der Waals surface area contributed by atoms with Crippen LogP contribution in [0.1, 0.15) is 46.4 Å². The van der Waals surface area contributed by atoms with Crippen LogP contribution >= 0.6 is 0 Å². The molecule has 1 atom stereocenters. The first kappa shape index (κ1) is 22.2. The summed E-state index contributed by atoms with van der Waals surface area (Å²) in [7, 11) is -1.99. The third-order valence-corrected chi connectivity index (χ3v) is 7.86. The average molecular weight is 474 g/mol. The number of hydrogen-bond acceptors (Lipinski definition) is 3. The van der Waals surface area contributed by atoms with Gasteiger partial charge in [0.05, 0.1) is 10.9 Å². The predicted octanol–water partition coefficient (Wildman–Crippen LogP) is 5.24. The van der Waals surface area contributed by atoms with Gasteiger partial charge in [-0.3, -0.25) is 9.52 Å². The van der Waals surface area contributed by atoms with E-state index in [1.165, 1.54) is 0 Å². The number of carbonyl (C=O) groups is 1. The summed E-state index contributed by atoms with van der Waals surface area (Å²) in [5.41, 5.74) is 4.24. The Labute approximate surface area is 199 Å². The molecule has 3 aromatic carbocycles. The number of aryl methyl sites for hydroxylation is 2. The zero-order valence-electron chi connectivity index (χ0n) is 19.4. The maximum atomic E-state index is 13.4. The molecule has 0 radical (unpaired) electrons. The van der Waals surface area contributed by atoms with Crippen LogP contribution in [-0.4, -0.2) is 30.3 Å². The maximum Gasteiger partial charge on any atom is 0.263 e. The van der Waals surface area contributed by atoms with Gasteiger partial charge in [-0.25, -0.2) is 8.42 Å². The molecule has 5 rings (SSSR count). The van der Waals surface area contributed by atoms with Crippen LogP contribution < -0.4 is 4.72 Å².